The van der Waals surface area contributed by atoms with E-state index in [4.69, 9.17) is 4.74 Å². The molecule has 1 atom stereocenters. The number of ether oxygens (including phenoxy) is 1. The van der Waals surface area contributed by atoms with Crippen LogP contribution in [0.25, 0.3) is 0 Å². The van der Waals surface area contributed by atoms with Gasteiger partial charge in [0.05, 0.1) is 5.69 Å². The van der Waals surface area contributed by atoms with Crippen LogP contribution in [0.3, 0.4) is 0 Å². The lowest BCUT2D eigenvalue weighted by Gasteiger charge is -2.30. The highest BCUT2D eigenvalue weighted by Crippen LogP contribution is 2.33. The van der Waals surface area contributed by atoms with E-state index in [9.17, 15) is 9.59 Å². The normalized spacial score (nSPS) is 18.0. The first-order chi connectivity index (χ1) is 9.70. The Morgan fingerprint density at radius 1 is 1.38 bits per heavy atom. The van der Waals surface area contributed by atoms with Gasteiger partial charge in [-0.3, -0.25) is 9.59 Å². The third-order valence-corrected chi connectivity index (χ3v) is 3.50. The average molecular weight is 290 g/mol. The lowest BCUT2D eigenvalue weighted by Crippen LogP contribution is -2.42. The van der Waals surface area contributed by atoms with E-state index in [2.05, 4.69) is 5.32 Å². The number of nitrogens with zero attached hydrogens (tertiary/aromatic N) is 1. The molecule has 1 N–H and O–H groups in total. The van der Waals surface area contributed by atoms with E-state index in [1.54, 1.807) is 18.9 Å². The maximum Gasteiger partial charge on any atom is 0.267 e. The number of rotatable bonds is 2. The van der Waals surface area contributed by atoms with Crippen LogP contribution >= 0.6 is 0 Å². The van der Waals surface area contributed by atoms with Crippen molar-refractivity contribution >= 4 is 17.5 Å². The van der Waals surface area contributed by atoms with Crippen LogP contribution in [0.1, 0.15) is 33.3 Å². The van der Waals surface area contributed by atoms with Gasteiger partial charge in [-0.25, -0.2) is 0 Å². The van der Waals surface area contributed by atoms with Crippen LogP contribution in [-0.2, 0) is 16.1 Å². The fourth-order valence-corrected chi connectivity index (χ4v) is 2.11. The van der Waals surface area contributed by atoms with Crippen LogP contribution in [-0.4, -0.2) is 25.0 Å². The highest BCUT2D eigenvalue weighted by Gasteiger charge is 2.29. The van der Waals surface area contributed by atoms with Crippen molar-refractivity contribution in [2.24, 2.45) is 5.41 Å². The second kappa shape index (κ2) is 5.39. The van der Waals surface area contributed by atoms with E-state index < -0.39 is 11.5 Å². The minimum atomic E-state index is -0.464. The summed E-state index contributed by atoms with van der Waals surface area (Å²) in [6, 6.07) is 5.62. The van der Waals surface area contributed by atoms with Crippen molar-refractivity contribution in [3.63, 3.8) is 0 Å². The van der Waals surface area contributed by atoms with Gasteiger partial charge in [-0.2, -0.15) is 0 Å². The molecular weight excluding hydrogens is 268 g/mol. The second-order valence-electron chi connectivity index (χ2n) is 6.39. The van der Waals surface area contributed by atoms with Crippen molar-refractivity contribution in [1.29, 1.82) is 0 Å². The van der Waals surface area contributed by atoms with Crippen molar-refractivity contribution < 1.29 is 14.3 Å². The Morgan fingerprint density at radius 3 is 2.67 bits per heavy atom. The van der Waals surface area contributed by atoms with Crippen molar-refractivity contribution in [1.82, 2.24) is 5.32 Å². The Labute approximate surface area is 125 Å². The number of carbonyl (C=O) groups excluding carboxylic acids is 2. The molecule has 0 aromatic heterocycles. The van der Waals surface area contributed by atoms with Crippen LogP contribution in [0.4, 0.5) is 5.69 Å². The topological polar surface area (TPSA) is 58.6 Å². The molecule has 1 aliphatic heterocycles. The molecule has 0 fully saturated rings. The molecule has 5 nitrogen and oxygen atoms in total. The van der Waals surface area contributed by atoms with Gasteiger partial charge >= 0.3 is 0 Å². The van der Waals surface area contributed by atoms with E-state index >= 15 is 0 Å². The van der Waals surface area contributed by atoms with Gasteiger partial charge in [0, 0.05) is 19.0 Å². The van der Waals surface area contributed by atoms with Crippen molar-refractivity contribution in [3.05, 3.63) is 23.8 Å². The summed E-state index contributed by atoms with van der Waals surface area (Å²) in [5.41, 5.74) is 1.25. The largest absolute Gasteiger partial charge is 0.479 e. The molecule has 1 aromatic rings. The number of amides is 2. The predicted molar refractivity (Wildman–Crippen MR) is 81.2 cm³/mol. The molecule has 0 bridgehead atoms. The smallest absolute Gasteiger partial charge is 0.267 e. The summed E-state index contributed by atoms with van der Waals surface area (Å²) >= 11 is 0. The highest BCUT2D eigenvalue weighted by molar-refractivity contribution is 5.99. The first-order valence-corrected chi connectivity index (χ1v) is 7.05. The van der Waals surface area contributed by atoms with Gasteiger partial charge in [-0.1, -0.05) is 26.8 Å². The molecule has 0 aliphatic carbocycles. The van der Waals surface area contributed by atoms with Crippen LogP contribution in [0.2, 0.25) is 0 Å². The second-order valence-corrected chi connectivity index (χ2v) is 6.39. The molecule has 1 aromatic carbocycles. The molecule has 0 saturated heterocycles. The zero-order valence-electron chi connectivity index (χ0n) is 13.2. The third kappa shape index (κ3) is 3.17. The third-order valence-electron chi connectivity index (χ3n) is 3.50. The molecule has 0 radical (unpaired) electrons. The first-order valence-electron chi connectivity index (χ1n) is 7.05. The van der Waals surface area contributed by atoms with Gasteiger partial charge in [0.25, 0.3) is 5.91 Å². The Morgan fingerprint density at radius 2 is 2.05 bits per heavy atom. The number of anilines is 1. The quantitative estimate of drug-likeness (QED) is 0.907. The van der Waals surface area contributed by atoms with E-state index in [0.717, 1.165) is 11.3 Å². The van der Waals surface area contributed by atoms with Crippen LogP contribution in [0.5, 0.6) is 5.75 Å². The Kier molecular flexibility index (Phi) is 3.94. The maximum atomic E-state index is 11.9. The Balaban J connectivity index is 2.15. The molecule has 1 unspecified atom stereocenters. The van der Waals surface area contributed by atoms with Gasteiger partial charge in [0.15, 0.2) is 6.10 Å². The standard InChI is InChI=1S/C16H22N2O3/c1-10-14(19)18(5)12-8-11(6-7-13(12)21-10)9-17-15(20)16(2,3)4/h6-8,10H,9H2,1-5H3,(H,17,20). The van der Waals surface area contributed by atoms with E-state index in [0.29, 0.717) is 12.3 Å². The lowest BCUT2D eigenvalue weighted by atomic mass is 9.95. The summed E-state index contributed by atoms with van der Waals surface area (Å²) in [6.07, 6.45) is -0.464. The molecule has 1 heterocycles. The molecule has 1 aliphatic rings. The average Bonchev–Trinajstić information content (AvgIpc) is 2.41. The minimum absolute atomic E-state index is 0.00507. The van der Waals surface area contributed by atoms with Crippen molar-refractivity contribution in [2.45, 2.75) is 40.3 Å². The molecule has 0 saturated carbocycles. The molecule has 5 heteroatoms. The predicted octanol–water partition coefficient (Wildman–Crippen LogP) is 2.09. The first kappa shape index (κ1) is 15.4. The molecule has 0 spiro atoms. The van der Waals surface area contributed by atoms with Gasteiger partial charge in [0.2, 0.25) is 5.91 Å². The van der Waals surface area contributed by atoms with Crippen LogP contribution < -0.4 is 15.0 Å². The number of fused-ring (bicyclic) bond motifs is 1. The zero-order chi connectivity index (χ0) is 15.8. The molecule has 2 rings (SSSR count). The summed E-state index contributed by atoms with van der Waals surface area (Å²) < 4.78 is 5.57. The van der Waals surface area contributed by atoms with Gasteiger partial charge in [0.1, 0.15) is 5.75 Å². The Bertz CT molecular complexity index is 575. The number of nitrogens with one attached hydrogen (secondary N) is 1. The Hall–Kier alpha value is -2.04. The van der Waals surface area contributed by atoms with Crippen LogP contribution in [0.15, 0.2) is 18.2 Å². The molecular formula is C16H22N2O3. The lowest BCUT2D eigenvalue weighted by molar-refractivity contribution is -0.128. The van der Waals surface area contributed by atoms with Gasteiger partial charge in [-0.05, 0) is 24.6 Å². The number of carbonyl (C=O) groups is 2. The molecule has 2 amide bonds. The summed E-state index contributed by atoms with van der Waals surface area (Å²) in [6.45, 7) is 7.78. The molecule has 21 heavy (non-hydrogen) atoms. The SMILES string of the molecule is CC1Oc2ccc(CNC(=O)C(C)(C)C)cc2N(C)C1=O. The minimum Gasteiger partial charge on any atom is -0.479 e. The zero-order valence-corrected chi connectivity index (χ0v) is 13.2. The fraction of sp³-hybridized carbons (Fsp3) is 0.500. The van der Waals surface area contributed by atoms with Crippen LogP contribution in [0, 0.1) is 5.41 Å². The summed E-state index contributed by atoms with van der Waals surface area (Å²) in [4.78, 5) is 25.4. The van der Waals surface area contributed by atoms with E-state index in [-0.39, 0.29) is 11.8 Å². The fourth-order valence-electron chi connectivity index (χ4n) is 2.11. The number of hydrogen-bond acceptors (Lipinski definition) is 3. The maximum absolute atomic E-state index is 11.9. The molecule has 114 valence electrons. The highest BCUT2D eigenvalue weighted by atomic mass is 16.5. The summed E-state index contributed by atoms with van der Waals surface area (Å²) in [5, 5.41) is 2.90. The van der Waals surface area contributed by atoms with Crippen molar-refractivity contribution in [3.8, 4) is 5.75 Å². The van der Waals surface area contributed by atoms with Gasteiger partial charge in [-0.15, -0.1) is 0 Å². The number of benzene rings is 1. The number of hydrogen-bond donors (Lipinski definition) is 1. The monoisotopic (exact) mass is 290 g/mol. The van der Waals surface area contributed by atoms with Gasteiger partial charge < -0.3 is 15.0 Å². The van der Waals surface area contributed by atoms with E-state index in [1.807, 2.05) is 39.0 Å². The van der Waals surface area contributed by atoms with E-state index in [1.165, 1.54) is 0 Å². The summed E-state index contributed by atoms with van der Waals surface area (Å²) in [5.74, 6) is 0.614. The van der Waals surface area contributed by atoms with Crippen molar-refractivity contribution in [2.75, 3.05) is 11.9 Å². The number of likely N-dealkylation sites (N-methyl/N-ethyl adjacent to an activating group) is 1. The summed E-state index contributed by atoms with van der Waals surface area (Å²) in [7, 11) is 1.73.